The SMILES string of the molecule is CC(=O)NC(CC(=O)NC1(CC(=O)O)CCC1)c1ccc(Br)cc1. The van der Waals surface area contributed by atoms with E-state index in [0.717, 1.165) is 16.5 Å². The Labute approximate surface area is 149 Å². The number of rotatable bonds is 7. The normalized spacial score (nSPS) is 16.6. The van der Waals surface area contributed by atoms with E-state index in [2.05, 4.69) is 26.6 Å². The van der Waals surface area contributed by atoms with E-state index in [1.807, 2.05) is 24.3 Å². The molecule has 0 heterocycles. The molecule has 1 fully saturated rings. The number of halogens is 1. The fourth-order valence-electron chi connectivity index (χ4n) is 2.96. The van der Waals surface area contributed by atoms with Crippen LogP contribution in [0.3, 0.4) is 0 Å². The predicted molar refractivity (Wildman–Crippen MR) is 92.3 cm³/mol. The van der Waals surface area contributed by atoms with Crippen molar-refractivity contribution in [1.29, 1.82) is 0 Å². The van der Waals surface area contributed by atoms with Crippen LogP contribution in [0.2, 0.25) is 0 Å². The molecule has 1 unspecified atom stereocenters. The van der Waals surface area contributed by atoms with Gasteiger partial charge >= 0.3 is 5.97 Å². The molecule has 1 aliphatic rings. The molecule has 1 atom stereocenters. The molecular weight excluding hydrogens is 376 g/mol. The van der Waals surface area contributed by atoms with Crippen LogP contribution < -0.4 is 10.6 Å². The van der Waals surface area contributed by atoms with Crippen molar-refractivity contribution in [2.24, 2.45) is 0 Å². The maximum absolute atomic E-state index is 12.4. The van der Waals surface area contributed by atoms with Crippen LogP contribution in [-0.4, -0.2) is 28.4 Å². The van der Waals surface area contributed by atoms with Gasteiger partial charge in [-0.05, 0) is 37.0 Å². The average molecular weight is 397 g/mol. The highest BCUT2D eigenvalue weighted by molar-refractivity contribution is 9.10. The molecule has 2 rings (SSSR count). The van der Waals surface area contributed by atoms with Crippen LogP contribution in [0.15, 0.2) is 28.7 Å². The van der Waals surface area contributed by atoms with Gasteiger partial charge in [0.05, 0.1) is 24.4 Å². The van der Waals surface area contributed by atoms with E-state index in [-0.39, 0.29) is 24.7 Å². The molecule has 0 saturated heterocycles. The van der Waals surface area contributed by atoms with Crippen LogP contribution >= 0.6 is 15.9 Å². The molecule has 1 aromatic rings. The molecule has 0 aromatic heterocycles. The molecule has 3 N–H and O–H groups in total. The van der Waals surface area contributed by atoms with Crippen LogP contribution in [-0.2, 0) is 14.4 Å². The van der Waals surface area contributed by atoms with Gasteiger partial charge in [-0.15, -0.1) is 0 Å². The summed E-state index contributed by atoms with van der Waals surface area (Å²) in [6, 6.07) is 6.93. The first-order valence-corrected chi connectivity index (χ1v) is 8.64. The van der Waals surface area contributed by atoms with Crippen molar-refractivity contribution in [2.45, 2.75) is 50.6 Å². The summed E-state index contributed by atoms with van der Waals surface area (Å²) in [7, 11) is 0. The van der Waals surface area contributed by atoms with Gasteiger partial charge in [0.25, 0.3) is 0 Å². The number of benzene rings is 1. The molecule has 0 bridgehead atoms. The third-order valence-electron chi connectivity index (χ3n) is 4.24. The van der Waals surface area contributed by atoms with E-state index in [4.69, 9.17) is 5.11 Å². The molecule has 1 saturated carbocycles. The number of nitrogens with one attached hydrogen (secondary N) is 2. The number of carbonyl (C=O) groups is 3. The Hall–Kier alpha value is -1.89. The highest BCUT2D eigenvalue weighted by Gasteiger charge is 2.40. The number of carboxylic acid groups (broad SMARTS) is 1. The maximum atomic E-state index is 12.4. The molecule has 0 spiro atoms. The molecule has 130 valence electrons. The molecule has 2 amide bonds. The van der Waals surface area contributed by atoms with Crippen molar-refractivity contribution in [1.82, 2.24) is 10.6 Å². The van der Waals surface area contributed by atoms with E-state index in [1.165, 1.54) is 6.92 Å². The van der Waals surface area contributed by atoms with Crippen molar-refractivity contribution >= 4 is 33.7 Å². The summed E-state index contributed by atoms with van der Waals surface area (Å²) in [4.78, 5) is 34.8. The summed E-state index contributed by atoms with van der Waals surface area (Å²) in [5.41, 5.74) is 0.188. The average Bonchev–Trinajstić information content (AvgIpc) is 2.44. The number of carbonyl (C=O) groups excluding carboxylic acids is 2. The summed E-state index contributed by atoms with van der Waals surface area (Å²) in [6.45, 7) is 1.40. The van der Waals surface area contributed by atoms with Gasteiger partial charge in [-0.25, -0.2) is 0 Å². The number of aliphatic carboxylic acids is 1. The Bertz CT molecular complexity index is 626. The minimum Gasteiger partial charge on any atom is -0.481 e. The van der Waals surface area contributed by atoms with E-state index in [9.17, 15) is 14.4 Å². The lowest BCUT2D eigenvalue weighted by Gasteiger charge is -2.41. The van der Waals surface area contributed by atoms with Crippen LogP contribution in [0.1, 0.15) is 50.6 Å². The Morgan fingerprint density at radius 1 is 1.25 bits per heavy atom. The molecule has 0 aliphatic heterocycles. The van der Waals surface area contributed by atoms with Crippen molar-refractivity contribution in [3.63, 3.8) is 0 Å². The lowest BCUT2D eigenvalue weighted by atomic mass is 9.74. The number of hydrogen-bond acceptors (Lipinski definition) is 3. The summed E-state index contributed by atoms with van der Waals surface area (Å²) in [5.74, 6) is -1.39. The Kier molecular flexibility index (Phi) is 5.99. The van der Waals surface area contributed by atoms with Crippen LogP contribution in [0.5, 0.6) is 0 Å². The second-order valence-electron chi connectivity index (χ2n) is 6.26. The van der Waals surface area contributed by atoms with E-state index < -0.39 is 17.6 Å². The first-order chi connectivity index (χ1) is 11.3. The minimum absolute atomic E-state index is 0.0676. The topological polar surface area (TPSA) is 95.5 Å². The molecule has 24 heavy (non-hydrogen) atoms. The number of carboxylic acids is 1. The van der Waals surface area contributed by atoms with Gasteiger partial charge < -0.3 is 15.7 Å². The fraction of sp³-hybridized carbons (Fsp3) is 0.471. The monoisotopic (exact) mass is 396 g/mol. The van der Waals surface area contributed by atoms with Crippen LogP contribution in [0.25, 0.3) is 0 Å². The second kappa shape index (κ2) is 7.79. The third-order valence-corrected chi connectivity index (χ3v) is 4.77. The highest BCUT2D eigenvalue weighted by atomic mass is 79.9. The zero-order chi connectivity index (χ0) is 17.7. The Morgan fingerprint density at radius 3 is 2.33 bits per heavy atom. The molecular formula is C17H21BrN2O4. The van der Waals surface area contributed by atoms with Gasteiger partial charge in [0.1, 0.15) is 0 Å². The van der Waals surface area contributed by atoms with Crippen LogP contribution in [0, 0.1) is 0 Å². The minimum atomic E-state index is -0.915. The van der Waals surface area contributed by atoms with E-state index >= 15 is 0 Å². The van der Waals surface area contributed by atoms with Gasteiger partial charge in [0.15, 0.2) is 0 Å². The van der Waals surface area contributed by atoms with E-state index in [1.54, 1.807) is 0 Å². The Morgan fingerprint density at radius 2 is 1.88 bits per heavy atom. The highest BCUT2D eigenvalue weighted by Crippen LogP contribution is 2.35. The molecule has 1 aromatic carbocycles. The number of amides is 2. The zero-order valence-corrected chi connectivity index (χ0v) is 15.1. The van der Waals surface area contributed by atoms with Gasteiger partial charge in [0, 0.05) is 11.4 Å². The maximum Gasteiger partial charge on any atom is 0.305 e. The summed E-state index contributed by atoms with van der Waals surface area (Å²) < 4.78 is 0.909. The fourth-order valence-corrected chi connectivity index (χ4v) is 3.23. The molecule has 7 heteroatoms. The molecule has 6 nitrogen and oxygen atoms in total. The summed E-state index contributed by atoms with van der Waals surface area (Å²) in [6.07, 6.45) is 2.27. The number of hydrogen-bond donors (Lipinski definition) is 3. The van der Waals surface area contributed by atoms with Gasteiger partial charge in [0.2, 0.25) is 11.8 Å². The first kappa shape index (κ1) is 18.4. The van der Waals surface area contributed by atoms with Crippen molar-refractivity contribution in [3.8, 4) is 0 Å². The summed E-state index contributed by atoms with van der Waals surface area (Å²) in [5, 5.41) is 14.7. The largest absolute Gasteiger partial charge is 0.481 e. The molecule has 0 radical (unpaired) electrons. The van der Waals surface area contributed by atoms with Gasteiger partial charge in [-0.2, -0.15) is 0 Å². The quantitative estimate of drug-likeness (QED) is 0.659. The third kappa shape index (κ3) is 5.06. The Balaban J connectivity index is 2.05. The zero-order valence-electron chi connectivity index (χ0n) is 13.5. The van der Waals surface area contributed by atoms with Crippen LogP contribution in [0.4, 0.5) is 0 Å². The lowest BCUT2D eigenvalue weighted by Crippen LogP contribution is -2.55. The smallest absolute Gasteiger partial charge is 0.305 e. The first-order valence-electron chi connectivity index (χ1n) is 7.85. The molecule has 1 aliphatic carbocycles. The van der Waals surface area contributed by atoms with Crippen molar-refractivity contribution < 1.29 is 19.5 Å². The van der Waals surface area contributed by atoms with Gasteiger partial charge in [-0.1, -0.05) is 28.1 Å². The standard InChI is InChI=1S/C17H21BrN2O4/c1-11(21)19-14(12-3-5-13(18)6-4-12)9-15(22)20-17(7-2-8-17)10-16(23)24/h3-6,14H,2,7-10H2,1H3,(H,19,21)(H,20,22)(H,23,24). The lowest BCUT2D eigenvalue weighted by molar-refractivity contribution is -0.140. The predicted octanol–water partition coefficient (Wildman–Crippen LogP) is 2.53. The second-order valence-corrected chi connectivity index (χ2v) is 7.18. The van der Waals surface area contributed by atoms with E-state index in [0.29, 0.717) is 12.8 Å². The summed E-state index contributed by atoms with van der Waals surface area (Å²) >= 11 is 3.35. The van der Waals surface area contributed by atoms with Gasteiger partial charge in [-0.3, -0.25) is 14.4 Å². The van der Waals surface area contributed by atoms with Crippen molar-refractivity contribution in [2.75, 3.05) is 0 Å². The van der Waals surface area contributed by atoms with Crippen molar-refractivity contribution in [3.05, 3.63) is 34.3 Å².